The second-order valence-electron chi connectivity index (χ2n) is 8.09. The number of anilines is 2. The molecule has 36 heavy (non-hydrogen) atoms. The zero-order valence-electron chi connectivity index (χ0n) is 19.3. The van der Waals surface area contributed by atoms with Crippen molar-refractivity contribution in [2.75, 3.05) is 10.6 Å². The predicted molar refractivity (Wildman–Crippen MR) is 138 cm³/mol. The van der Waals surface area contributed by atoms with Crippen molar-refractivity contribution < 1.29 is 22.8 Å². The molecule has 184 valence electrons. The molecule has 0 aliphatic rings. The molecule has 2 N–H and O–H groups in total. The van der Waals surface area contributed by atoms with Crippen LogP contribution in [0.2, 0.25) is 0 Å². The largest absolute Gasteiger partial charge is 0.418 e. The molecule has 1 atom stereocenters. The summed E-state index contributed by atoms with van der Waals surface area (Å²) < 4.78 is 39.9. The smallest absolute Gasteiger partial charge is 0.325 e. The lowest BCUT2D eigenvalue weighted by atomic mass is 10.1. The maximum absolute atomic E-state index is 13.3. The van der Waals surface area contributed by atoms with Gasteiger partial charge in [0.05, 0.1) is 16.5 Å². The number of hydrogen-bond donors (Lipinski definition) is 2. The number of para-hydroxylation sites is 1. The van der Waals surface area contributed by atoms with Gasteiger partial charge in [-0.2, -0.15) is 13.2 Å². The summed E-state index contributed by atoms with van der Waals surface area (Å²) in [5.74, 6) is -0.791. The van der Waals surface area contributed by atoms with Crippen molar-refractivity contribution in [3.63, 3.8) is 0 Å². The lowest BCUT2D eigenvalue weighted by Gasteiger charge is -2.18. The molecule has 4 aromatic rings. The Morgan fingerprint density at radius 2 is 1.56 bits per heavy atom. The molecule has 8 heteroatoms. The average molecular weight is 509 g/mol. The Morgan fingerprint density at radius 1 is 0.833 bits per heavy atom. The van der Waals surface area contributed by atoms with E-state index in [4.69, 9.17) is 0 Å². The minimum absolute atomic E-state index is 0.267. The van der Waals surface area contributed by atoms with Gasteiger partial charge in [-0.3, -0.25) is 9.59 Å². The standard InChI is InChI=1S/C28H23F3N2O2S/c1-2-25(27(35)33-24-13-6-5-12-23(24)28(29,30)31)36-22-11-7-10-21(17-22)32-26(34)20-15-14-18-8-3-4-9-19(18)16-20/h3-17,25H,2H2,1H3,(H,32,34)(H,33,35). The first-order valence-electron chi connectivity index (χ1n) is 11.3. The van der Waals surface area contributed by atoms with Crippen LogP contribution < -0.4 is 10.6 Å². The van der Waals surface area contributed by atoms with Crippen molar-refractivity contribution in [3.05, 3.63) is 102 Å². The van der Waals surface area contributed by atoms with Crippen LogP contribution in [0.4, 0.5) is 24.5 Å². The highest BCUT2D eigenvalue weighted by atomic mass is 32.2. The van der Waals surface area contributed by atoms with E-state index < -0.39 is 22.9 Å². The number of halogens is 3. The van der Waals surface area contributed by atoms with Gasteiger partial charge in [-0.1, -0.05) is 55.5 Å². The highest BCUT2D eigenvalue weighted by molar-refractivity contribution is 8.00. The number of amides is 2. The van der Waals surface area contributed by atoms with E-state index >= 15 is 0 Å². The highest BCUT2D eigenvalue weighted by Crippen LogP contribution is 2.35. The fourth-order valence-electron chi connectivity index (χ4n) is 3.72. The van der Waals surface area contributed by atoms with E-state index in [0.29, 0.717) is 22.6 Å². The molecule has 0 aliphatic heterocycles. The lowest BCUT2D eigenvalue weighted by Crippen LogP contribution is -2.26. The molecule has 0 spiro atoms. The second kappa shape index (κ2) is 10.9. The van der Waals surface area contributed by atoms with E-state index in [-0.39, 0.29) is 11.6 Å². The maximum Gasteiger partial charge on any atom is 0.418 e. The Balaban J connectivity index is 1.45. The van der Waals surface area contributed by atoms with Gasteiger partial charge in [-0.15, -0.1) is 11.8 Å². The Labute approximate surface area is 210 Å². The molecule has 0 heterocycles. The summed E-state index contributed by atoms with van der Waals surface area (Å²) in [7, 11) is 0. The Kier molecular flexibility index (Phi) is 7.64. The first-order chi connectivity index (χ1) is 17.2. The number of carbonyl (C=O) groups is 2. The first-order valence-corrected chi connectivity index (χ1v) is 12.2. The summed E-state index contributed by atoms with van der Waals surface area (Å²) in [6, 6.07) is 25.1. The molecule has 0 saturated heterocycles. The van der Waals surface area contributed by atoms with Crippen LogP contribution in [-0.4, -0.2) is 17.1 Å². The summed E-state index contributed by atoms with van der Waals surface area (Å²) in [5, 5.41) is 6.66. The van der Waals surface area contributed by atoms with Gasteiger partial charge >= 0.3 is 6.18 Å². The van der Waals surface area contributed by atoms with E-state index in [9.17, 15) is 22.8 Å². The zero-order valence-corrected chi connectivity index (χ0v) is 20.1. The number of benzene rings is 4. The predicted octanol–water partition coefficient (Wildman–Crippen LogP) is 7.62. The summed E-state index contributed by atoms with van der Waals surface area (Å²) in [6.07, 6.45) is -4.17. The molecule has 2 amide bonds. The molecule has 0 bridgehead atoms. The molecule has 4 aromatic carbocycles. The molecule has 0 aliphatic carbocycles. The summed E-state index contributed by atoms with van der Waals surface area (Å²) in [5.41, 5.74) is -0.0983. The van der Waals surface area contributed by atoms with Gasteiger partial charge in [0.25, 0.3) is 5.91 Å². The number of nitrogens with one attached hydrogen (secondary N) is 2. The summed E-state index contributed by atoms with van der Waals surface area (Å²) in [4.78, 5) is 26.3. The van der Waals surface area contributed by atoms with E-state index in [0.717, 1.165) is 16.8 Å². The second-order valence-corrected chi connectivity index (χ2v) is 9.37. The maximum atomic E-state index is 13.3. The Bertz CT molecular complexity index is 1400. The Hall–Kier alpha value is -3.78. The molecule has 0 aromatic heterocycles. The Morgan fingerprint density at radius 3 is 2.31 bits per heavy atom. The molecular weight excluding hydrogens is 485 g/mol. The monoisotopic (exact) mass is 508 g/mol. The SMILES string of the molecule is CCC(Sc1cccc(NC(=O)c2ccc3ccccc3c2)c1)C(=O)Nc1ccccc1C(F)(F)F. The number of carbonyl (C=O) groups excluding carboxylic acids is 2. The van der Waals surface area contributed by atoms with Crippen molar-refractivity contribution in [1.29, 1.82) is 0 Å². The molecular formula is C28H23F3N2O2S. The third-order valence-electron chi connectivity index (χ3n) is 5.54. The van der Waals surface area contributed by atoms with Crippen LogP contribution in [0.15, 0.2) is 95.9 Å². The van der Waals surface area contributed by atoms with Crippen LogP contribution in [0.1, 0.15) is 29.3 Å². The fraction of sp³-hybridized carbons (Fsp3) is 0.143. The van der Waals surface area contributed by atoms with Gasteiger partial charge in [0, 0.05) is 16.1 Å². The molecule has 0 radical (unpaired) electrons. The van der Waals surface area contributed by atoms with Gasteiger partial charge in [0.2, 0.25) is 5.91 Å². The van der Waals surface area contributed by atoms with Crippen LogP contribution in [0.5, 0.6) is 0 Å². The van der Waals surface area contributed by atoms with Gasteiger partial charge in [-0.05, 0) is 59.7 Å². The van der Waals surface area contributed by atoms with E-state index in [2.05, 4.69) is 10.6 Å². The minimum Gasteiger partial charge on any atom is -0.325 e. The molecule has 4 rings (SSSR count). The number of thioether (sulfide) groups is 1. The van der Waals surface area contributed by atoms with Crippen molar-refractivity contribution >= 4 is 45.7 Å². The van der Waals surface area contributed by atoms with Gasteiger partial charge in [-0.25, -0.2) is 0 Å². The van der Waals surface area contributed by atoms with Crippen molar-refractivity contribution in [2.45, 2.75) is 29.7 Å². The number of fused-ring (bicyclic) bond motifs is 1. The van der Waals surface area contributed by atoms with E-state index in [1.165, 1.54) is 30.0 Å². The minimum atomic E-state index is -4.57. The normalized spacial score (nSPS) is 12.2. The van der Waals surface area contributed by atoms with Crippen LogP contribution in [0, 0.1) is 0 Å². The van der Waals surface area contributed by atoms with Crippen LogP contribution in [-0.2, 0) is 11.0 Å². The van der Waals surface area contributed by atoms with E-state index in [1.54, 1.807) is 37.3 Å². The van der Waals surface area contributed by atoms with Crippen LogP contribution in [0.25, 0.3) is 10.8 Å². The third-order valence-corrected chi connectivity index (χ3v) is 6.89. The van der Waals surface area contributed by atoms with Gasteiger partial charge in [0.15, 0.2) is 0 Å². The highest BCUT2D eigenvalue weighted by Gasteiger charge is 2.34. The third kappa shape index (κ3) is 6.07. The van der Waals surface area contributed by atoms with E-state index in [1.807, 2.05) is 36.4 Å². The van der Waals surface area contributed by atoms with Crippen molar-refractivity contribution in [2.24, 2.45) is 0 Å². The van der Waals surface area contributed by atoms with Crippen LogP contribution >= 0.6 is 11.8 Å². The number of hydrogen-bond acceptors (Lipinski definition) is 3. The first kappa shape index (κ1) is 25.3. The van der Waals surface area contributed by atoms with Gasteiger partial charge in [0.1, 0.15) is 0 Å². The average Bonchev–Trinajstić information content (AvgIpc) is 2.86. The zero-order chi connectivity index (χ0) is 25.7. The quantitative estimate of drug-likeness (QED) is 0.253. The molecule has 0 fully saturated rings. The lowest BCUT2D eigenvalue weighted by molar-refractivity contribution is -0.137. The number of rotatable bonds is 7. The topological polar surface area (TPSA) is 58.2 Å². The van der Waals surface area contributed by atoms with Crippen molar-refractivity contribution in [1.82, 2.24) is 0 Å². The fourth-order valence-corrected chi connectivity index (χ4v) is 4.73. The van der Waals surface area contributed by atoms with Crippen molar-refractivity contribution in [3.8, 4) is 0 Å². The molecule has 4 nitrogen and oxygen atoms in total. The summed E-state index contributed by atoms with van der Waals surface area (Å²) in [6.45, 7) is 1.79. The molecule has 0 saturated carbocycles. The van der Waals surface area contributed by atoms with Gasteiger partial charge < -0.3 is 10.6 Å². The number of alkyl halides is 3. The van der Waals surface area contributed by atoms with Crippen LogP contribution in [0.3, 0.4) is 0 Å². The molecule has 1 unspecified atom stereocenters. The summed E-state index contributed by atoms with van der Waals surface area (Å²) >= 11 is 1.22.